The summed E-state index contributed by atoms with van der Waals surface area (Å²) in [6.07, 6.45) is 0. The van der Waals surface area contributed by atoms with Crippen molar-refractivity contribution < 1.29 is 25.5 Å². The molecule has 5 heteroatoms. The first-order valence-corrected chi connectivity index (χ1v) is 13.3. The summed E-state index contributed by atoms with van der Waals surface area (Å²) in [5.41, 5.74) is 7.06. The van der Waals surface area contributed by atoms with Crippen LogP contribution < -0.4 is 0 Å². The molecule has 1 N–H and O–H groups in total. The molecule has 0 radical (unpaired) electrons. The van der Waals surface area contributed by atoms with Gasteiger partial charge in [-0.15, -0.1) is 7.05 Å². The number of hydrogen-bond acceptors (Lipinski definition) is 2. The van der Waals surface area contributed by atoms with E-state index in [9.17, 15) is 0 Å². The molecule has 8 rings (SSSR count). The Kier molecular flexibility index (Phi) is 7.06. The van der Waals surface area contributed by atoms with Crippen LogP contribution in [0, 0.1) is 0 Å². The van der Waals surface area contributed by atoms with E-state index in [0.29, 0.717) is 0 Å². The summed E-state index contributed by atoms with van der Waals surface area (Å²) < 4.78 is 6.22. The minimum absolute atomic E-state index is 0. The first-order valence-electron chi connectivity index (χ1n) is 12.9. The van der Waals surface area contributed by atoms with Crippen LogP contribution in [0.4, 0.5) is 5.69 Å². The number of H-pyrrole nitrogens is 1. The van der Waals surface area contributed by atoms with Gasteiger partial charge < -0.3 is 27.3 Å². The van der Waals surface area contributed by atoms with E-state index in [1.54, 1.807) is 7.05 Å². The number of nitrogens with one attached hydrogen (secondary N) is 1. The minimum atomic E-state index is 0. The molecule has 3 nitrogen and oxygen atoms in total. The maximum Gasteiger partial charge on any atom is 2.00 e. The standard InChI is InChI=1S/C23H16NOS.C12H9N.W/c1-24-19-13-18(16-11-10-14-6-2-3-7-15(14)12-16)22-21(23(19)26)17-8-4-5-9-20(17)25-22;1-3-7-11-9(5-1)10-6-2-4-8-12(10)13-11;/h2-13,26H,1H3;1-8,13H;/q-1;;+2/p-1. The maximum atomic E-state index is 6.22. The van der Waals surface area contributed by atoms with Gasteiger partial charge in [-0.05, 0) is 40.6 Å². The summed E-state index contributed by atoms with van der Waals surface area (Å²) in [6.45, 7) is 0. The Hall–Kier alpha value is -4.11. The smallest absolute Gasteiger partial charge is 0.780 e. The van der Waals surface area contributed by atoms with Gasteiger partial charge in [-0.3, -0.25) is 0 Å². The number of rotatable bonds is 2. The van der Waals surface area contributed by atoms with Crippen molar-refractivity contribution in [2.45, 2.75) is 4.90 Å². The predicted octanol–water partition coefficient (Wildman–Crippen LogP) is 10.3. The summed E-state index contributed by atoms with van der Waals surface area (Å²) in [6, 6.07) is 41.7. The molecule has 6 aromatic carbocycles. The van der Waals surface area contributed by atoms with Crippen LogP contribution >= 0.6 is 0 Å². The molecule has 192 valence electrons. The van der Waals surface area contributed by atoms with Gasteiger partial charge in [0, 0.05) is 38.1 Å². The molecular formula is C35H24N2OSW. The van der Waals surface area contributed by atoms with Gasteiger partial charge in [-0.25, -0.2) is 0 Å². The molecule has 0 unspecified atom stereocenters. The minimum Gasteiger partial charge on any atom is -0.780 e. The summed E-state index contributed by atoms with van der Waals surface area (Å²) in [5.74, 6) is 0. The second kappa shape index (κ2) is 10.8. The third-order valence-corrected chi connectivity index (χ3v) is 7.71. The molecule has 40 heavy (non-hydrogen) atoms. The van der Waals surface area contributed by atoms with Gasteiger partial charge in [-0.2, -0.15) is 10.6 Å². The van der Waals surface area contributed by atoms with Crippen molar-refractivity contribution in [2.75, 3.05) is 7.05 Å². The number of nitrogens with zero attached hydrogens (tertiary/aromatic N) is 1. The third kappa shape index (κ3) is 4.44. The zero-order valence-corrected chi connectivity index (χ0v) is 25.5. The molecule has 0 aliphatic heterocycles. The fourth-order valence-corrected chi connectivity index (χ4v) is 5.75. The summed E-state index contributed by atoms with van der Waals surface area (Å²) in [4.78, 5) is 4.13. The van der Waals surface area contributed by atoms with E-state index in [1.165, 1.54) is 32.6 Å². The Morgan fingerprint density at radius 2 is 1.25 bits per heavy atom. The van der Waals surface area contributed by atoms with Gasteiger partial charge >= 0.3 is 21.1 Å². The summed E-state index contributed by atoms with van der Waals surface area (Å²) in [7, 11) is 1.78. The molecule has 0 saturated carbocycles. The molecule has 2 aromatic heterocycles. The van der Waals surface area contributed by atoms with E-state index in [-0.39, 0.29) is 21.1 Å². The van der Waals surface area contributed by atoms with Crippen molar-refractivity contribution in [1.82, 2.24) is 4.98 Å². The summed E-state index contributed by atoms with van der Waals surface area (Å²) >= 11 is 5.71. The van der Waals surface area contributed by atoms with Crippen molar-refractivity contribution in [3.8, 4) is 11.1 Å². The molecule has 0 atom stereocenters. The van der Waals surface area contributed by atoms with Crippen molar-refractivity contribution in [3.63, 3.8) is 0 Å². The molecule has 0 aliphatic rings. The second-order valence-electron chi connectivity index (χ2n) is 9.58. The Morgan fingerprint density at radius 1 is 0.650 bits per heavy atom. The Morgan fingerprint density at radius 3 is 1.95 bits per heavy atom. The Bertz CT molecular complexity index is 2090. The topological polar surface area (TPSA) is 43.0 Å². The molecular weight excluding hydrogens is 680 g/mol. The van der Waals surface area contributed by atoms with Crippen molar-refractivity contribution in [3.05, 3.63) is 127 Å². The second-order valence-corrected chi connectivity index (χ2v) is 9.98. The molecule has 0 amide bonds. The van der Waals surface area contributed by atoms with Crippen LogP contribution in [0.15, 0.2) is 131 Å². The molecule has 0 aliphatic carbocycles. The van der Waals surface area contributed by atoms with Crippen LogP contribution in [0.5, 0.6) is 0 Å². The first-order chi connectivity index (χ1) is 19.2. The number of para-hydroxylation sites is 3. The van der Waals surface area contributed by atoms with Crippen molar-refractivity contribution in [1.29, 1.82) is 0 Å². The quantitative estimate of drug-likeness (QED) is 0.182. The van der Waals surface area contributed by atoms with Crippen molar-refractivity contribution >= 4 is 72.8 Å². The number of aromatic nitrogens is 1. The number of fused-ring (bicyclic) bond motifs is 7. The Labute approximate surface area is 251 Å². The normalized spacial score (nSPS) is 11.0. The number of benzene rings is 6. The Balaban J connectivity index is 0.000000173. The monoisotopic (exact) mass is 704 g/mol. The summed E-state index contributed by atoms with van der Waals surface area (Å²) in [5, 5.41) is 11.5. The molecule has 8 aromatic rings. The van der Waals surface area contributed by atoms with Crippen LogP contribution in [-0.2, 0) is 33.7 Å². The third-order valence-electron chi connectivity index (χ3n) is 7.30. The average Bonchev–Trinajstić information content (AvgIpc) is 3.57. The van der Waals surface area contributed by atoms with Gasteiger partial charge in [0.1, 0.15) is 11.2 Å². The number of furan rings is 1. The SMILES string of the molecule is C[N-]c1cc(-c2ccc3ccccc3c2)c2oc3ccccc3c2c1[S-].[W+2].c1ccc2c(c1)[nH]c1ccccc12. The van der Waals surface area contributed by atoms with Gasteiger partial charge in [0.15, 0.2) is 0 Å². The molecule has 0 spiro atoms. The van der Waals surface area contributed by atoms with E-state index in [1.807, 2.05) is 24.3 Å². The molecule has 0 fully saturated rings. The van der Waals surface area contributed by atoms with Crippen LogP contribution in [-0.4, -0.2) is 12.0 Å². The largest absolute Gasteiger partial charge is 2.00 e. The number of hydrogen-bond donors (Lipinski definition) is 1. The number of aromatic amines is 1. The van der Waals surface area contributed by atoms with Gasteiger partial charge in [0.2, 0.25) is 0 Å². The van der Waals surface area contributed by atoms with Gasteiger partial charge in [0.05, 0.1) is 0 Å². The fourth-order valence-electron chi connectivity index (χ4n) is 5.39. The predicted molar refractivity (Wildman–Crippen MR) is 167 cm³/mol. The maximum absolute atomic E-state index is 6.22. The zero-order chi connectivity index (χ0) is 26.3. The van der Waals surface area contributed by atoms with E-state index < -0.39 is 0 Å². The molecule has 0 bridgehead atoms. The van der Waals surface area contributed by atoms with Crippen LogP contribution in [0.1, 0.15) is 0 Å². The van der Waals surface area contributed by atoms with Crippen LogP contribution in [0.25, 0.3) is 71.0 Å². The zero-order valence-electron chi connectivity index (χ0n) is 21.7. The van der Waals surface area contributed by atoms with Gasteiger partial charge in [0.25, 0.3) is 0 Å². The van der Waals surface area contributed by atoms with Crippen molar-refractivity contribution in [2.24, 2.45) is 0 Å². The van der Waals surface area contributed by atoms with Gasteiger partial charge in [-0.1, -0.05) is 97.1 Å². The van der Waals surface area contributed by atoms with Crippen LogP contribution in [0.3, 0.4) is 0 Å². The van der Waals surface area contributed by atoms with E-state index >= 15 is 0 Å². The van der Waals surface area contributed by atoms with E-state index in [2.05, 4.69) is 107 Å². The molecule has 2 heterocycles. The van der Waals surface area contributed by atoms with E-state index in [0.717, 1.165) is 43.6 Å². The fraction of sp³-hybridized carbons (Fsp3) is 0.0286. The molecule has 0 saturated heterocycles. The average molecular weight is 704 g/mol. The van der Waals surface area contributed by atoms with Crippen LogP contribution in [0.2, 0.25) is 0 Å². The first kappa shape index (κ1) is 26.1. The van der Waals surface area contributed by atoms with E-state index in [4.69, 9.17) is 17.0 Å².